The summed E-state index contributed by atoms with van der Waals surface area (Å²) in [5.41, 5.74) is 8.93. The van der Waals surface area contributed by atoms with E-state index < -0.39 is 6.35 Å². The number of rotatable bonds is 4. The molecule has 1 atom stereocenters. The lowest BCUT2D eigenvalue weighted by Crippen LogP contribution is -2.46. The summed E-state index contributed by atoms with van der Waals surface area (Å²) in [7, 11) is 1.60. The third-order valence-corrected chi connectivity index (χ3v) is 5.34. The summed E-state index contributed by atoms with van der Waals surface area (Å²) in [6.45, 7) is 1.08. The molecule has 0 bridgehead atoms. The van der Waals surface area contributed by atoms with Gasteiger partial charge in [0.1, 0.15) is 11.5 Å². The number of methoxy groups -OCH3 is 1. The van der Waals surface area contributed by atoms with Gasteiger partial charge in [0.2, 0.25) is 0 Å². The highest BCUT2D eigenvalue weighted by Crippen LogP contribution is 2.36. The van der Waals surface area contributed by atoms with E-state index in [4.69, 9.17) is 31.5 Å². The molecule has 0 spiro atoms. The van der Waals surface area contributed by atoms with Gasteiger partial charge in [0.25, 0.3) is 6.35 Å². The van der Waals surface area contributed by atoms with Gasteiger partial charge < -0.3 is 25.3 Å². The van der Waals surface area contributed by atoms with Crippen LogP contribution >= 0.6 is 11.6 Å². The summed E-state index contributed by atoms with van der Waals surface area (Å²) < 4.78 is 16.9. The highest BCUT2D eigenvalue weighted by molar-refractivity contribution is 6.37. The fourth-order valence-corrected chi connectivity index (χ4v) is 4.09. The average Bonchev–Trinajstić information content (AvgIpc) is 2.74. The van der Waals surface area contributed by atoms with E-state index in [0.717, 1.165) is 27.5 Å². The van der Waals surface area contributed by atoms with Gasteiger partial charge in [-0.2, -0.15) is 4.99 Å². The Morgan fingerprint density at radius 2 is 1.90 bits per heavy atom. The summed E-state index contributed by atoms with van der Waals surface area (Å²) in [5.74, 6) is 1.89. The van der Waals surface area contributed by atoms with Crippen LogP contribution in [-0.2, 0) is 18.0 Å². The molecule has 0 radical (unpaired) electrons. The van der Waals surface area contributed by atoms with Gasteiger partial charge in [-0.05, 0) is 40.1 Å². The van der Waals surface area contributed by atoms with Crippen LogP contribution in [0.3, 0.4) is 0 Å². The maximum absolute atomic E-state index is 6.67. The molecule has 0 amide bonds. The zero-order chi connectivity index (χ0) is 20.7. The highest BCUT2D eigenvalue weighted by Gasteiger charge is 2.24. The van der Waals surface area contributed by atoms with Gasteiger partial charge in [0, 0.05) is 11.6 Å². The van der Waals surface area contributed by atoms with Crippen LogP contribution in [0.1, 0.15) is 16.7 Å². The van der Waals surface area contributed by atoms with E-state index in [1.54, 1.807) is 13.2 Å². The molecule has 1 unspecified atom stereocenters. The molecule has 0 saturated heterocycles. The van der Waals surface area contributed by atoms with Crippen molar-refractivity contribution in [3.63, 3.8) is 0 Å². The van der Waals surface area contributed by atoms with Gasteiger partial charge in [-0.3, -0.25) is 0 Å². The molecule has 0 fully saturated rings. The van der Waals surface area contributed by atoms with Crippen molar-refractivity contribution in [2.75, 3.05) is 7.11 Å². The van der Waals surface area contributed by atoms with Crippen molar-refractivity contribution in [1.29, 1.82) is 0 Å². The number of guanidine groups is 1. The predicted octanol–water partition coefficient (Wildman–Crippen LogP) is 3.56. The quantitative estimate of drug-likeness (QED) is 0.671. The topological polar surface area (TPSA) is 90.5 Å². The Labute approximate surface area is 178 Å². The molecule has 152 valence electrons. The average molecular weight is 423 g/mol. The number of nitrogens with two attached hydrogens (primary N) is 1. The van der Waals surface area contributed by atoms with E-state index in [1.807, 2.05) is 36.4 Å². The molecule has 2 heterocycles. The van der Waals surface area contributed by atoms with Gasteiger partial charge in [-0.25, -0.2) is 4.99 Å². The molecule has 3 aromatic carbocycles. The Morgan fingerprint density at radius 1 is 1.10 bits per heavy atom. The lowest BCUT2D eigenvalue weighted by molar-refractivity contribution is 0.103. The molecule has 0 aromatic heterocycles. The first-order valence-electron chi connectivity index (χ1n) is 9.42. The van der Waals surface area contributed by atoms with Gasteiger partial charge >= 0.3 is 0 Å². The van der Waals surface area contributed by atoms with Crippen LogP contribution in [0.2, 0.25) is 5.02 Å². The van der Waals surface area contributed by atoms with Crippen LogP contribution < -0.4 is 20.5 Å². The minimum atomic E-state index is -0.755. The van der Waals surface area contributed by atoms with E-state index in [2.05, 4.69) is 21.4 Å². The second-order valence-corrected chi connectivity index (χ2v) is 7.38. The second-order valence-electron chi connectivity index (χ2n) is 6.97. The highest BCUT2D eigenvalue weighted by atomic mass is 35.5. The van der Waals surface area contributed by atoms with Crippen LogP contribution in [0.4, 0.5) is 0 Å². The number of amidine groups is 1. The standard InChI is InChI=1S/C22H19ClN4O3/c1-28-14-5-3-6-15(9-14)30-22-26-20(25-21(24)27-22)19-16-7-2-4-12-10-29-11-13(18(12)16)8-17(19)23/h2-9,22H,10-11H2,1H3,(H3,24,25,26,27). The fourth-order valence-electron chi connectivity index (χ4n) is 3.77. The monoisotopic (exact) mass is 422 g/mol. The van der Waals surface area contributed by atoms with Crippen LogP contribution in [0, 0.1) is 0 Å². The summed E-state index contributed by atoms with van der Waals surface area (Å²) in [6, 6.07) is 15.2. The van der Waals surface area contributed by atoms with Crippen LogP contribution in [0.5, 0.6) is 11.5 Å². The normalized spacial score (nSPS) is 17.7. The molecule has 0 aliphatic carbocycles. The molecule has 30 heavy (non-hydrogen) atoms. The maximum Gasteiger partial charge on any atom is 0.272 e. The van der Waals surface area contributed by atoms with Crippen LogP contribution in [0.25, 0.3) is 10.8 Å². The van der Waals surface area contributed by atoms with Crippen molar-refractivity contribution in [1.82, 2.24) is 5.32 Å². The third-order valence-electron chi connectivity index (χ3n) is 5.05. The van der Waals surface area contributed by atoms with Crippen molar-refractivity contribution in [2.24, 2.45) is 15.7 Å². The molecule has 7 nitrogen and oxygen atoms in total. The van der Waals surface area contributed by atoms with E-state index >= 15 is 0 Å². The number of hydrogen-bond acceptors (Lipinski definition) is 7. The summed E-state index contributed by atoms with van der Waals surface area (Å²) in [4.78, 5) is 9.03. The summed E-state index contributed by atoms with van der Waals surface area (Å²) in [5, 5.41) is 5.56. The number of hydrogen-bond donors (Lipinski definition) is 2. The minimum Gasteiger partial charge on any atom is -0.497 e. The van der Waals surface area contributed by atoms with E-state index in [9.17, 15) is 0 Å². The first-order valence-corrected chi connectivity index (χ1v) is 9.80. The number of halogens is 1. The number of aliphatic imine (C=N–C) groups is 2. The number of nitrogens with one attached hydrogen (secondary N) is 1. The molecular formula is C22H19ClN4O3. The number of ether oxygens (including phenoxy) is 3. The second kappa shape index (κ2) is 7.51. The Balaban J connectivity index is 1.58. The van der Waals surface area contributed by atoms with Crippen molar-refractivity contribution in [3.8, 4) is 11.5 Å². The van der Waals surface area contributed by atoms with Crippen LogP contribution in [0.15, 0.2) is 58.5 Å². The SMILES string of the molecule is COc1cccc(OC2N=C(c3c(Cl)cc4c5c(cccc35)COC4)N=C(N)N2)c1. The fraction of sp³-hybridized carbons (Fsp3) is 0.182. The first-order chi connectivity index (χ1) is 14.6. The Hall–Kier alpha value is -3.29. The summed E-state index contributed by atoms with van der Waals surface area (Å²) >= 11 is 6.67. The molecule has 2 aliphatic rings. The summed E-state index contributed by atoms with van der Waals surface area (Å²) in [6.07, 6.45) is -0.755. The molecular weight excluding hydrogens is 404 g/mol. The lowest BCUT2D eigenvalue weighted by Gasteiger charge is -2.24. The third kappa shape index (κ3) is 3.32. The molecule has 8 heteroatoms. The molecule has 2 aliphatic heterocycles. The lowest BCUT2D eigenvalue weighted by atomic mass is 9.94. The molecule has 5 rings (SSSR count). The molecule has 3 N–H and O–H groups in total. The number of nitrogens with zero attached hydrogens (tertiary/aromatic N) is 2. The van der Waals surface area contributed by atoms with Crippen molar-refractivity contribution in [2.45, 2.75) is 19.6 Å². The molecule has 0 saturated carbocycles. The van der Waals surface area contributed by atoms with Gasteiger partial charge in [-0.1, -0.05) is 35.9 Å². The van der Waals surface area contributed by atoms with Gasteiger partial charge in [0.15, 0.2) is 11.8 Å². The Kier molecular flexibility index (Phi) is 4.69. The smallest absolute Gasteiger partial charge is 0.272 e. The maximum atomic E-state index is 6.67. The van der Waals surface area contributed by atoms with Crippen molar-refractivity contribution < 1.29 is 14.2 Å². The van der Waals surface area contributed by atoms with Crippen LogP contribution in [-0.4, -0.2) is 25.3 Å². The minimum absolute atomic E-state index is 0.202. The predicted molar refractivity (Wildman–Crippen MR) is 116 cm³/mol. The zero-order valence-electron chi connectivity index (χ0n) is 16.2. The largest absolute Gasteiger partial charge is 0.497 e. The number of benzene rings is 3. The van der Waals surface area contributed by atoms with E-state index in [0.29, 0.717) is 35.6 Å². The molecule has 3 aromatic rings. The van der Waals surface area contributed by atoms with Gasteiger partial charge in [-0.15, -0.1) is 0 Å². The van der Waals surface area contributed by atoms with E-state index in [-0.39, 0.29) is 5.96 Å². The first kappa shape index (κ1) is 18.7. The van der Waals surface area contributed by atoms with Gasteiger partial charge in [0.05, 0.1) is 25.3 Å². The van der Waals surface area contributed by atoms with Crippen molar-refractivity contribution >= 4 is 34.2 Å². The Bertz CT molecular complexity index is 1210. The Morgan fingerprint density at radius 3 is 2.77 bits per heavy atom. The van der Waals surface area contributed by atoms with E-state index in [1.165, 1.54) is 0 Å². The van der Waals surface area contributed by atoms with Crippen molar-refractivity contribution in [3.05, 3.63) is 70.2 Å². The zero-order valence-corrected chi connectivity index (χ0v) is 16.9.